The van der Waals surface area contributed by atoms with Crippen molar-refractivity contribution in [1.82, 2.24) is 10.2 Å². The molecule has 2 aromatic carbocycles. The first-order valence-corrected chi connectivity index (χ1v) is 10.8. The zero-order chi connectivity index (χ0) is 21.8. The van der Waals surface area contributed by atoms with E-state index in [1.807, 2.05) is 37.3 Å². The zero-order valence-corrected chi connectivity index (χ0v) is 17.6. The molecule has 2 amide bonds. The molecule has 1 heterocycles. The molecule has 162 valence electrons. The number of hydrogen-bond donors (Lipinski definition) is 1. The highest BCUT2D eigenvalue weighted by Gasteiger charge is 2.42. The number of morpholine rings is 1. The van der Waals surface area contributed by atoms with Crippen LogP contribution in [-0.2, 0) is 14.3 Å². The summed E-state index contributed by atoms with van der Waals surface area (Å²) in [6.45, 7) is 1.90. The van der Waals surface area contributed by atoms with Crippen LogP contribution in [0.5, 0.6) is 0 Å². The molecule has 2 aromatic rings. The first-order chi connectivity index (χ1) is 15.0. The SMILES string of the molecule is CC(NC(=O)CN1C(=O)/C(=C\c2cccc(F)c2)OC2CCCCC21)c1ccccc1. The minimum atomic E-state index is -0.376. The summed E-state index contributed by atoms with van der Waals surface area (Å²) in [6, 6.07) is 15.5. The normalized spacial score (nSPS) is 23.1. The monoisotopic (exact) mass is 422 g/mol. The maximum absolute atomic E-state index is 13.6. The lowest BCUT2D eigenvalue weighted by molar-refractivity contribution is -0.152. The molecule has 2 aliphatic rings. The van der Waals surface area contributed by atoms with Gasteiger partial charge in [0, 0.05) is 0 Å². The van der Waals surface area contributed by atoms with E-state index in [9.17, 15) is 14.0 Å². The van der Waals surface area contributed by atoms with Gasteiger partial charge in [0.15, 0.2) is 5.76 Å². The number of nitrogens with zero attached hydrogens (tertiary/aromatic N) is 1. The van der Waals surface area contributed by atoms with Gasteiger partial charge in [0.05, 0.1) is 12.1 Å². The van der Waals surface area contributed by atoms with Gasteiger partial charge in [0.2, 0.25) is 5.91 Å². The predicted octanol–water partition coefficient (Wildman–Crippen LogP) is 4.21. The van der Waals surface area contributed by atoms with Gasteiger partial charge in [-0.25, -0.2) is 4.39 Å². The maximum atomic E-state index is 13.6. The Morgan fingerprint density at radius 2 is 1.97 bits per heavy atom. The van der Waals surface area contributed by atoms with Crippen LogP contribution in [0, 0.1) is 5.82 Å². The smallest absolute Gasteiger partial charge is 0.289 e. The second-order valence-electron chi connectivity index (χ2n) is 8.20. The van der Waals surface area contributed by atoms with Gasteiger partial charge in [-0.05, 0) is 55.5 Å². The lowest BCUT2D eigenvalue weighted by Gasteiger charge is -2.44. The highest BCUT2D eigenvalue weighted by Crippen LogP contribution is 2.33. The van der Waals surface area contributed by atoms with E-state index in [1.165, 1.54) is 12.1 Å². The molecular formula is C25H27FN2O3. The quantitative estimate of drug-likeness (QED) is 0.735. The topological polar surface area (TPSA) is 58.6 Å². The van der Waals surface area contributed by atoms with Crippen LogP contribution in [0.25, 0.3) is 6.08 Å². The van der Waals surface area contributed by atoms with Gasteiger partial charge in [-0.15, -0.1) is 0 Å². The van der Waals surface area contributed by atoms with Crippen molar-refractivity contribution >= 4 is 17.9 Å². The summed E-state index contributed by atoms with van der Waals surface area (Å²) in [5.74, 6) is -0.743. The van der Waals surface area contributed by atoms with Crippen LogP contribution >= 0.6 is 0 Å². The number of ether oxygens (including phenoxy) is 1. The molecule has 1 aliphatic heterocycles. The Morgan fingerprint density at radius 3 is 2.74 bits per heavy atom. The molecular weight excluding hydrogens is 395 g/mol. The Kier molecular flexibility index (Phi) is 6.35. The third-order valence-corrected chi connectivity index (χ3v) is 5.96. The van der Waals surface area contributed by atoms with Crippen LogP contribution in [0.2, 0.25) is 0 Å². The second-order valence-corrected chi connectivity index (χ2v) is 8.20. The van der Waals surface area contributed by atoms with Gasteiger partial charge in [0.1, 0.15) is 18.5 Å². The fourth-order valence-corrected chi connectivity index (χ4v) is 4.38. The summed E-state index contributed by atoms with van der Waals surface area (Å²) in [4.78, 5) is 27.7. The first kappa shape index (κ1) is 21.1. The van der Waals surface area contributed by atoms with Crippen molar-refractivity contribution in [3.8, 4) is 0 Å². The highest BCUT2D eigenvalue weighted by atomic mass is 19.1. The predicted molar refractivity (Wildman–Crippen MR) is 116 cm³/mol. The van der Waals surface area contributed by atoms with Crippen molar-refractivity contribution in [2.24, 2.45) is 0 Å². The summed E-state index contributed by atoms with van der Waals surface area (Å²) in [6.07, 6.45) is 5.08. The molecule has 1 saturated carbocycles. The van der Waals surface area contributed by atoms with Gasteiger partial charge >= 0.3 is 0 Å². The number of halogens is 1. The number of amides is 2. The van der Waals surface area contributed by atoms with Gasteiger partial charge < -0.3 is 15.0 Å². The van der Waals surface area contributed by atoms with Gasteiger partial charge in [0.25, 0.3) is 5.91 Å². The molecule has 3 unspecified atom stereocenters. The minimum Gasteiger partial charge on any atom is -0.482 e. The first-order valence-electron chi connectivity index (χ1n) is 10.8. The number of benzene rings is 2. The standard InChI is InChI=1S/C25H27FN2O3/c1-17(19-9-3-2-4-10-19)27-24(29)16-28-21-12-5-6-13-22(21)31-23(25(28)30)15-18-8-7-11-20(26)14-18/h2-4,7-11,14-15,17,21-22H,5-6,12-13,16H2,1H3,(H,27,29)/b23-15+. The molecule has 1 N–H and O–H groups in total. The molecule has 1 aliphatic carbocycles. The van der Waals surface area contributed by atoms with Crippen molar-refractivity contribution in [3.63, 3.8) is 0 Å². The zero-order valence-electron chi connectivity index (χ0n) is 17.6. The summed E-state index contributed by atoms with van der Waals surface area (Å²) in [7, 11) is 0. The Hall–Kier alpha value is -3.15. The third-order valence-electron chi connectivity index (χ3n) is 5.96. The van der Waals surface area contributed by atoms with Crippen LogP contribution < -0.4 is 5.32 Å². The molecule has 0 radical (unpaired) electrons. The van der Waals surface area contributed by atoms with Crippen LogP contribution in [0.1, 0.15) is 49.8 Å². The average molecular weight is 423 g/mol. The van der Waals surface area contributed by atoms with Crippen molar-refractivity contribution in [3.05, 3.63) is 77.3 Å². The Bertz CT molecular complexity index is 976. The number of hydrogen-bond acceptors (Lipinski definition) is 3. The van der Waals surface area contributed by atoms with Crippen LogP contribution in [0.3, 0.4) is 0 Å². The molecule has 5 nitrogen and oxygen atoms in total. The fraction of sp³-hybridized carbons (Fsp3) is 0.360. The van der Waals surface area contributed by atoms with Crippen molar-refractivity contribution in [2.45, 2.75) is 50.8 Å². The largest absolute Gasteiger partial charge is 0.482 e. The van der Waals surface area contributed by atoms with Crippen LogP contribution in [0.4, 0.5) is 4.39 Å². The van der Waals surface area contributed by atoms with Gasteiger partial charge in [-0.3, -0.25) is 9.59 Å². The number of carbonyl (C=O) groups excluding carboxylic acids is 2. The molecule has 6 heteroatoms. The van der Waals surface area contributed by atoms with E-state index in [2.05, 4.69) is 5.32 Å². The molecule has 31 heavy (non-hydrogen) atoms. The van der Waals surface area contributed by atoms with E-state index in [1.54, 1.807) is 23.1 Å². The lowest BCUT2D eigenvalue weighted by Crippen LogP contribution is -2.57. The number of nitrogens with one attached hydrogen (secondary N) is 1. The van der Waals surface area contributed by atoms with E-state index in [0.717, 1.165) is 31.2 Å². The average Bonchev–Trinajstić information content (AvgIpc) is 2.77. The molecule has 0 bridgehead atoms. The van der Waals surface area contributed by atoms with Crippen molar-refractivity contribution in [1.29, 1.82) is 0 Å². The summed E-state index contributed by atoms with van der Waals surface area (Å²) >= 11 is 0. The van der Waals surface area contributed by atoms with E-state index < -0.39 is 0 Å². The highest BCUT2D eigenvalue weighted by molar-refractivity contribution is 5.98. The van der Waals surface area contributed by atoms with Crippen LogP contribution in [0.15, 0.2) is 60.4 Å². The Labute approximate surface area is 181 Å². The van der Waals surface area contributed by atoms with E-state index in [0.29, 0.717) is 5.56 Å². The maximum Gasteiger partial charge on any atom is 0.289 e. The third kappa shape index (κ3) is 4.95. The minimum absolute atomic E-state index is 0.0268. The summed E-state index contributed by atoms with van der Waals surface area (Å²) in [5.41, 5.74) is 1.56. The molecule has 2 fully saturated rings. The Balaban J connectivity index is 1.52. The molecule has 0 spiro atoms. The molecule has 0 aromatic heterocycles. The number of fused-ring (bicyclic) bond motifs is 1. The van der Waals surface area contributed by atoms with E-state index >= 15 is 0 Å². The lowest BCUT2D eigenvalue weighted by atomic mass is 9.89. The molecule has 4 rings (SSSR count). The number of carbonyl (C=O) groups is 2. The van der Waals surface area contributed by atoms with E-state index in [4.69, 9.17) is 4.74 Å². The summed E-state index contributed by atoms with van der Waals surface area (Å²) < 4.78 is 19.6. The van der Waals surface area contributed by atoms with E-state index in [-0.39, 0.29) is 48.1 Å². The fourth-order valence-electron chi connectivity index (χ4n) is 4.38. The molecule has 1 saturated heterocycles. The Morgan fingerprint density at radius 1 is 1.19 bits per heavy atom. The molecule has 3 atom stereocenters. The van der Waals surface area contributed by atoms with Crippen molar-refractivity contribution < 1.29 is 18.7 Å². The van der Waals surface area contributed by atoms with Gasteiger partial charge in [-0.1, -0.05) is 48.9 Å². The number of rotatable bonds is 5. The van der Waals surface area contributed by atoms with Crippen molar-refractivity contribution in [2.75, 3.05) is 6.54 Å². The summed E-state index contributed by atoms with van der Waals surface area (Å²) in [5, 5.41) is 2.99. The second kappa shape index (κ2) is 9.33. The van der Waals surface area contributed by atoms with Gasteiger partial charge in [-0.2, -0.15) is 0 Å². The van der Waals surface area contributed by atoms with Crippen LogP contribution in [-0.4, -0.2) is 35.4 Å².